The van der Waals surface area contributed by atoms with Crippen LogP contribution in [0.25, 0.3) is 0 Å². The molecule has 1 atom stereocenters. The van der Waals surface area contributed by atoms with E-state index in [1.165, 1.54) is 22.3 Å². The number of rotatable bonds is 3. The van der Waals surface area contributed by atoms with Crippen LogP contribution >= 0.6 is 0 Å². The second kappa shape index (κ2) is 5.06. The van der Waals surface area contributed by atoms with Gasteiger partial charge in [0.05, 0.1) is 12.6 Å². The van der Waals surface area contributed by atoms with Gasteiger partial charge in [-0.05, 0) is 36.7 Å². The minimum Gasteiger partial charge on any atom is -0.493 e. The van der Waals surface area contributed by atoms with Crippen molar-refractivity contribution in [1.29, 1.82) is 0 Å². The molecule has 98 valence electrons. The first-order chi connectivity index (χ1) is 9.28. The van der Waals surface area contributed by atoms with E-state index in [1.54, 1.807) is 0 Å². The predicted molar refractivity (Wildman–Crippen MR) is 77.7 cm³/mol. The Morgan fingerprint density at radius 2 is 1.95 bits per heavy atom. The van der Waals surface area contributed by atoms with E-state index in [0.29, 0.717) is 0 Å². The lowest BCUT2D eigenvalue weighted by atomic mass is 9.95. The SMILES string of the molecule is CNC(c1cccc(C)c1)c1ccc2c(c1)CCO2. The number of ether oxygens (including phenoxy) is 1. The van der Waals surface area contributed by atoms with Gasteiger partial charge in [0.1, 0.15) is 5.75 Å². The first-order valence-corrected chi connectivity index (χ1v) is 6.77. The molecule has 1 aliphatic heterocycles. The molecule has 0 spiro atoms. The highest BCUT2D eigenvalue weighted by molar-refractivity contribution is 5.43. The summed E-state index contributed by atoms with van der Waals surface area (Å²) < 4.78 is 5.57. The van der Waals surface area contributed by atoms with Crippen LogP contribution in [-0.4, -0.2) is 13.7 Å². The van der Waals surface area contributed by atoms with Crippen LogP contribution in [0.4, 0.5) is 0 Å². The summed E-state index contributed by atoms with van der Waals surface area (Å²) in [5.41, 5.74) is 5.23. The van der Waals surface area contributed by atoms with Gasteiger partial charge in [0.15, 0.2) is 0 Å². The highest BCUT2D eigenvalue weighted by Gasteiger charge is 2.17. The van der Waals surface area contributed by atoms with Crippen molar-refractivity contribution in [3.8, 4) is 5.75 Å². The molecule has 0 amide bonds. The van der Waals surface area contributed by atoms with Crippen molar-refractivity contribution in [2.75, 3.05) is 13.7 Å². The van der Waals surface area contributed by atoms with E-state index in [4.69, 9.17) is 4.74 Å². The van der Waals surface area contributed by atoms with Crippen LogP contribution in [0, 0.1) is 6.92 Å². The lowest BCUT2D eigenvalue weighted by Gasteiger charge is -2.18. The van der Waals surface area contributed by atoms with E-state index in [0.717, 1.165) is 18.8 Å². The molecule has 0 radical (unpaired) electrons. The molecule has 1 unspecified atom stereocenters. The van der Waals surface area contributed by atoms with Crippen molar-refractivity contribution >= 4 is 0 Å². The van der Waals surface area contributed by atoms with E-state index < -0.39 is 0 Å². The summed E-state index contributed by atoms with van der Waals surface area (Å²) in [6.45, 7) is 2.94. The Morgan fingerprint density at radius 1 is 1.11 bits per heavy atom. The lowest BCUT2D eigenvalue weighted by Crippen LogP contribution is -2.17. The van der Waals surface area contributed by atoms with Crippen LogP contribution in [0.3, 0.4) is 0 Å². The van der Waals surface area contributed by atoms with Crippen LogP contribution in [0.1, 0.15) is 28.3 Å². The summed E-state index contributed by atoms with van der Waals surface area (Å²) in [4.78, 5) is 0. The molecule has 3 rings (SSSR count). The highest BCUT2D eigenvalue weighted by atomic mass is 16.5. The van der Waals surface area contributed by atoms with Crippen molar-refractivity contribution in [2.24, 2.45) is 0 Å². The van der Waals surface area contributed by atoms with Crippen LogP contribution in [0.5, 0.6) is 5.75 Å². The number of hydrogen-bond donors (Lipinski definition) is 1. The molecule has 0 bridgehead atoms. The van der Waals surface area contributed by atoms with Gasteiger partial charge in [0.2, 0.25) is 0 Å². The largest absolute Gasteiger partial charge is 0.493 e. The van der Waals surface area contributed by atoms with Crippen molar-refractivity contribution in [3.05, 3.63) is 64.7 Å². The third-order valence-corrected chi connectivity index (χ3v) is 3.71. The van der Waals surface area contributed by atoms with Crippen molar-refractivity contribution in [1.82, 2.24) is 5.32 Å². The maximum absolute atomic E-state index is 5.57. The summed E-state index contributed by atoms with van der Waals surface area (Å²) in [5, 5.41) is 3.41. The third-order valence-electron chi connectivity index (χ3n) is 3.71. The zero-order valence-electron chi connectivity index (χ0n) is 11.4. The molecule has 0 aromatic heterocycles. The van der Waals surface area contributed by atoms with Crippen molar-refractivity contribution in [2.45, 2.75) is 19.4 Å². The maximum Gasteiger partial charge on any atom is 0.122 e. The van der Waals surface area contributed by atoms with Crippen LogP contribution < -0.4 is 10.1 Å². The molecular formula is C17H19NO. The molecule has 1 aliphatic rings. The van der Waals surface area contributed by atoms with Gasteiger partial charge in [-0.25, -0.2) is 0 Å². The number of fused-ring (bicyclic) bond motifs is 1. The Balaban J connectivity index is 1.98. The average molecular weight is 253 g/mol. The Labute approximate surface area is 114 Å². The van der Waals surface area contributed by atoms with Crippen LogP contribution in [0.15, 0.2) is 42.5 Å². The zero-order chi connectivity index (χ0) is 13.2. The van der Waals surface area contributed by atoms with Gasteiger partial charge in [-0.1, -0.05) is 42.0 Å². The summed E-state index contributed by atoms with van der Waals surface area (Å²) in [5.74, 6) is 1.04. The van der Waals surface area contributed by atoms with Gasteiger partial charge in [-0.3, -0.25) is 0 Å². The molecular weight excluding hydrogens is 234 g/mol. The van der Waals surface area contributed by atoms with Crippen LogP contribution in [-0.2, 0) is 6.42 Å². The Kier molecular flexibility index (Phi) is 3.26. The Bertz CT molecular complexity index is 592. The maximum atomic E-state index is 5.57. The smallest absolute Gasteiger partial charge is 0.122 e. The molecule has 2 aromatic carbocycles. The zero-order valence-corrected chi connectivity index (χ0v) is 11.4. The summed E-state index contributed by atoms with van der Waals surface area (Å²) in [6.07, 6.45) is 1.02. The fourth-order valence-corrected chi connectivity index (χ4v) is 2.76. The highest BCUT2D eigenvalue weighted by Crippen LogP contribution is 2.30. The monoisotopic (exact) mass is 253 g/mol. The quantitative estimate of drug-likeness (QED) is 0.906. The van der Waals surface area contributed by atoms with Gasteiger partial charge in [-0.2, -0.15) is 0 Å². The topological polar surface area (TPSA) is 21.3 Å². The van der Waals surface area contributed by atoms with E-state index in [9.17, 15) is 0 Å². The number of benzene rings is 2. The van der Waals surface area contributed by atoms with Crippen molar-refractivity contribution in [3.63, 3.8) is 0 Å². The normalized spacial score (nSPS) is 14.8. The van der Waals surface area contributed by atoms with Gasteiger partial charge in [0, 0.05) is 6.42 Å². The number of nitrogens with one attached hydrogen (secondary N) is 1. The van der Waals surface area contributed by atoms with Crippen molar-refractivity contribution < 1.29 is 4.74 Å². The summed E-state index contributed by atoms with van der Waals surface area (Å²) in [7, 11) is 2.01. The molecule has 19 heavy (non-hydrogen) atoms. The van der Waals surface area contributed by atoms with E-state index in [1.807, 2.05) is 7.05 Å². The second-order valence-corrected chi connectivity index (χ2v) is 5.10. The average Bonchev–Trinajstić information content (AvgIpc) is 2.87. The molecule has 0 saturated heterocycles. The third kappa shape index (κ3) is 2.36. The lowest BCUT2D eigenvalue weighted by molar-refractivity contribution is 0.357. The predicted octanol–water partition coefficient (Wildman–Crippen LogP) is 3.24. The molecule has 2 nitrogen and oxygen atoms in total. The minimum absolute atomic E-state index is 0.241. The molecule has 2 aromatic rings. The Morgan fingerprint density at radius 3 is 2.74 bits per heavy atom. The molecule has 1 heterocycles. The van der Waals surface area contributed by atoms with Crippen LogP contribution in [0.2, 0.25) is 0 Å². The fraction of sp³-hybridized carbons (Fsp3) is 0.294. The number of hydrogen-bond acceptors (Lipinski definition) is 2. The van der Waals surface area contributed by atoms with E-state index in [-0.39, 0.29) is 6.04 Å². The Hall–Kier alpha value is -1.80. The molecule has 0 aliphatic carbocycles. The second-order valence-electron chi connectivity index (χ2n) is 5.10. The first-order valence-electron chi connectivity index (χ1n) is 6.77. The molecule has 0 fully saturated rings. The van der Waals surface area contributed by atoms with Gasteiger partial charge >= 0.3 is 0 Å². The minimum atomic E-state index is 0.241. The molecule has 0 saturated carbocycles. The van der Waals surface area contributed by atoms with Gasteiger partial charge in [-0.15, -0.1) is 0 Å². The van der Waals surface area contributed by atoms with E-state index in [2.05, 4.69) is 54.7 Å². The summed E-state index contributed by atoms with van der Waals surface area (Å²) in [6, 6.07) is 15.4. The summed E-state index contributed by atoms with van der Waals surface area (Å²) >= 11 is 0. The molecule has 1 N–H and O–H groups in total. The van der Waals surface area contributed by atoms with Gasteiger partial charge in [0.25, 0.3) is 0 Å². The van der Waals surface area contributed by atoms with Gasteiger partial charge < -0.3 is 10.1 Å². The molecule has 2 heteroatoms. The number of aryl methyl sites for hydroxylation is 1. The fourth-order valence-electron chi connectivity index (χ4n) is 2.76. The first kappa shape index (κ1) is 12.2. The van der Waals surface area contributed by atoms with E-state index >= 15 is 0 Å². The standard InChI is InChI=1S/C17H19NO/c1-12-4-3-5-14(10-12)17(18-2)15-6-7-16-13(11-15)8-9-19-16/h3-7,10-11,17-18H,8-9H2,1-2H3.